The fraction of sp³-hybridized carbons (Fsp3) is 0.250. The van der Waals surface area contributed by atoms with E-state index in [2.05, 4.69) is 9.36 Å². The Morgan fingerprint density at radius 2 is 1.88 bits per heavy atom. The van der Waals surface area contributed by atoms with Gasteiger partial charge >= 0.3 is 0 Å². The Hall–Kier alpha value is -3.12. The summed E-state index contributed by atoms with van der Waals surface area (Å²) in [6.07, 6.45) is 3.00. The molecule has 0 spiro atoms. The average Bonchev–Trinajstić information content (AvgIpc) is 3.43. The molecule has 1 aliphatic heterocycles. The lowest BCUT2D eigenvalue weighted by molar-refractivity contribution is 0.0792. The van der Waals surface area contributed by atoms with Crippen LogP contribution in [0.2, 0.25) is 0 Å². The van der Waals surface area contributed by atoms with Gasteiger partial charge in [-0.1, -0.05) is 0 Å². The number of sulfonamides is 1. The molecule has 168 valence electrons. The molecular weight excluding hydrogens is 462 g/mol. The van der Waals surface area contributed by atoms with Crippen molar-refractivity contribution in [3.8, 4) is 11.5 Å². The molecule has 1 N–H and O–H groups in total. The summed E-state index contributed by atoms with van der Waals surface area (Å²) in [5.41, 5.74) is 1.08. The number of carbonyl (C=O) groups is 1. The Balaban J connectivity index is 1.60. The minimum Gasteiger partial charge on any atom is -0.454 e. The molecule has 2 heterocycles. The summed E-state index contributed by atoms with van der Waals surface area (Å²) in [7, 11) is -4.42. The summed E-state index contributed by atoms with van der Waals surface area (Å²) in [4.78, 5) is 17.2. The first-order valence-corrected chi connectivity index (χ1v) is 11.9. The van der Waals surface area contributed by atoms with Crippen LogP contribution < -0.4 is 9.46 Å². The van der Waals surface area contributed by atoms with Gasteiger partial charge < -0.3 is 9.64 Å². The van der Waals surface area contributed by atoms with Crippen molar-refractivity contribution in [2.24, 2.45) is 0 Å². The van der Waals surface area contributed by atoms with Crippen LogP contribution in [0.15, 0.2) is 41.6 Å². The molecule has 0 saturated carbocycles. The maximum Gasteiger partial charge on any atom is 0.266 e. The Morgan fingerprint density at radius 1 is 1.12 bits per heavy atom. The van der Waals surface area contributed by atoms with Crippen molar-refractivity contribution in [3.63, 3.8) is 0 Å². The van der Waals surface area contributed by atoms with Crippen molar-refractivity contribution < 1.29 is 26.7 Å². The first kappa shape index (κ1) is 22.1. The largest absolute Gasteiger partial charge is 0.454 e. The second kappa shape index (κ2) is 8.79. The number of likely N-dealkylation sites (tertiary alicyclic amines) is 1. The molecule has 2 aromatic carbocycles. The summed E-state index contributed by atoms with van der Waals surface area (Å²) in [6.45, 7) is 3.09. The predicted molar refractivity (Wildman–Crippen MR) is 113 cm³/mol. The highest BCUT2D eigenvalue weighted by Gasteiger charge is 2.25. The van der Waals surface area contributed by atoms with Gasteiger partial charge in [-0.3, -0.25) is 9.52 Å². The molecule has 1 fully saturated rings. The molecule has 0 aliphatic carbocycles. The van der Waals surface area contributed by atoms with Gasteiger partial charge in [-0.15, -0.1) is 0 Å². The third kappa shape index (κ3) is 4.70. The van der Waals surface area contributed by atoms with Crippen LogP contribution >= 0.6 is 11.5 Å². The normalized spacial score (nSPS) is 13.9. The van der Waals surface area contributed by atoms with Crippen molar-refractivity contribution in [1.29, 1.82) is 0 Å². The van der Waals surface area contributed by atoms with Gasteiger partial charge in [-0.05, 0) is 43.5 Å². The number of hydrogen-bond acceptors (Lipinski definition) is 7. The number of nitrogens with zero attached hydrogens (tertiary/aromatic N) is 3. The minimum atomic E-state index is -4.42. The third-order valence-electron chi connectivity index (χ3n) is 4.78. The molecule has 8 nitrogen and oxygen atoms in total. The van der Waals surface area contributed by atoms with E-state index in [-0.39, 0.29) is 16.8 Å². The SMILES string of the molecule is Cc1cc(Oc2cc(F)c(S(=O)(=O)Nc3ncns3)cc2F)cc(C(=O)N2CCCC2)c1. The average molecular weight is 481 g/mol. The zero-order valence-electron chi connectivity index (χ0n) is 16.8. The number of rotatable bonds is 6. The van der Waals surface area contributed by atoms with Gasteiger partial charge in [0.15, 0.2) is 11.6 Å². The summed E-state index contributed by atoms with van der Waals surface area (Å²) in [5.74, 6) is -2.83. The molecule has 1 amide bonds. The lowest BCUT2D eigenvalue weighted by Gasteiger charge is -2.17. The van der Waals surface area contributed by atoms with Crippen molar-refractivity contribution in [1.82, 2.24) is 14.3 Å². The molecule has 1 saturated heterocycles. The highest BCUT2D eigenvalue weighted by atomic mass is 32.2. The van der Waals surface area contributed by atoms with E-state index in [1.54, 1.807) is 24.0 Å². The standard InChI is InChI=1S/C20H18F2N4O4S2/c1-12-6-13(19(27)26-4-2-3-5-26)8-14(7-12)30-17-9-16(22)18(10-15(17)21)32(28,29)25-20-23-11-24-31-20/h6-11H,2-5H2,1H3,(H,23,24,25). The van der Waals surface area contributed by atoms with Crippen LogP contribution in [0.3, 0.4) is 0 Å². The van der Waals surface area contributed by atoms with E-state index >= 15 is 0 Å². The van der Waals surface area contributed by atoms with E-state index in [1.165, 1.54) is 6.07 Å². The second-order valence-corrected chi connectivity index (χ2v) is 9.63. The summed E-state index contributed by atoms with van der Waals surface area (Å²) in [6, 6.07) is 5.89. The highest BCUT2D eigenvalue weighted by molar-refractivity contribution is 7.93. The Bertz CT molecular complexity index is 1260. The minimum absolute atomic E-state index is 0.0832. The number of carbonyl (C=O) groups excluding carboxylic acids is 1. The quantitative estimate of drug-likeness (QED) is 0.573. The first-order chi connectivity index (χ1) is 15.2. The van der Waals surface area contributed by atoms with Gasteiger partial charge in [0.2, 0.25) is 5.13 Å². The smallest absolute Gasteiger partial charge is 0.266 e. The molecular formula is C20H18F2N4O4S2. The van der Waals surface area contributed by atoms with Gasteiger partial charge in [0, 0.05) is 42.3 Å². The molecule has 0 unspecified atom stereocenters. The van der Waals surface area contributed by atoms with Crippen LogP contribution in [0.25, 0.3) is 0 Å². The van der Waals surface area contributed by atoms with Crippen molar-refractivity contribution >= 4 is 32.6 Å². The lowest BCUT2D eigenvalue weighted by Crippen LogP contribution is -2.27. The molecule has 0 bridgehead atoms. The van der Waals surface area contributed by atoms with E-state index in [0.29, 0.717) is 36.3 Å². The van der Waals surface area contributed by atoms with E-state index < -0.39 is 32.3 Å². The molecule has 3 aromatic rings. The van der Waals surface area contributed by atoms with Crippen molar-refractivity contribution in [2.45, 2.75) is 24.7 Å². The number of ether oxygens (including phenoxy) is 1. The van der Waals surface area contributed by atoms with Crippen LogP contribution in [0.1, 0.15) is 28.8 Å². The van der Waals surface area contributed by atoms with Crippen LogP contribution in [0.4, 0.5) is 13.9 Å². The monoisotopic (exact) mass is 480 g/mol. The van der Waals surface area contributed by atoms with Crippen LogP contribution in [-0.2, 0) is 10.0 Å². The predicted octanol–water partition coefficient (Wildman–Crippen LogP) is 3.95. The summed E-state index contributed by atoms with van der Waals surface area (Å²) >= 11 is 0.750. The number of hydrogen-bond donors (Lipinski definition) is 1. The Labute approximate surface area is 187 Å². The van der Waals surface area contributed by atoms with Gasteiger partial charge in [0.25, 0.3) is 15.9 Å². The number of nitrogens with one attached hydrogen (secondary N) is 1. The van der Waals surface area contributed by atoms with Gasteiger partial charge in [-0.2, -0.15) is 4.37 Å². The van der Waals surface area contributed by atoms with E-state index in [4.69, 9.17) is 4.74 Å². The first-order valence-electron chi connectivity index (χ1n) is 9.60. The number of aryl methyl sites for hydroxylation is 1. The summed E-state index contributed by atoms with van der Waals surface area (Å²) < 4.78 is 65.1. The maximum absolute atomic E-state index is 14.6. The van der Waals surface area contributed by atoms with Gasteiger partial charge in [0.1, 0.15) is 22.8 Å². The molecule has 4 rings (SSSR count). The fourth-order valence-corrected chi connectivity index (χ4v) is 5.08. The summed E-state index contributed by atoms with van der Waals surface area (Å²) in [5, 5.41) is -0.0832. The highest BCUT2D eigenvalue weighted by Crippen LogP contribution is 2.31. The van der Waals surface area contributed by atoms with Gasteiger partial charge in [-0.25, -0.2) is 22.2 Å². The van der Waals surface area contributed by atoms with Crippen molar-refractivity contribution in [2.75, 3.05) is 17.8 Å². The lowest BCUT2D eigenvalue weighted by atomic mass is 10.1. The number of anilines is 1. The van der Waals surface area contributed by atoms with Gasteiger partial charge in [0.05, 0.1) is 0 Å². The third-order valence-corrected chi connectivity index (χ3v) is 6.84. The maximum atomic E-state index is 14.6. The van der Waals surface area contributed by atoms with E-state index in [9.17, 15) is 22.0 Å². The topological polar surface area (TPSA) is 101 Å². The molecule has 1 aliphatic rings. The molecule has 1 aromatic heterocycles. The molecule has 32 heavy (non-hydrogen) atoms. The molecule has 12 heteroatoms. The molecule has 0 radical (unpaired) electrons. The van der Waals surface area contributed by atoms with E-state index in [0.717, 1.165) is 30.7 Å². The number of benzene rings is 2. The zero-order chi connectivity index (χ0) is 22.9. The molecule has 0 atom stereocenters. The van der Waals surface area contributed by atoms with Crippen molar-refractivity contribution in [3.05, 3.63) is 59.4 Å². The number of halogens is 2. The zero-order valence-corrected chi connectivity index (χ0v) is 18.5. The second-order valence-electron chi connectivity index (χ2n) is 7.20. The fourth-order valence-electron chi connectivity index (χ4n) is 3.34. The Morgan fingerprint density at radius 3 is 2.56 bits per heavy atom. The Kier molecular flexibility index (Phi) is 6.07. The number of aromatic nitrogens is 2. The number of amides is 1. The van der Waals surface area contributed by atoms with Crippen LogP contribution in [0, 0.1) is 18.6 Å². The van der Waals surface area contributed by atoms with Crippen LogP contribution in [0.5, 0.6) is 11.5 Å². The van der Waals surface area contributed by atoms with E-state index in [1.807, 2.05) is 4.72 Å². The van der Waals surface area contributed by atoms with Crippen LogP contribution in [-0.4, -0.2) is 41.7 Å².